The molecule has 0 fully saturated rings. The molecule has 1 aliphatic heterocycles. The summed E-state index contributed by atoms with van der Waals surface area (Å²) in [6.45, 7) is 3.63. The Bertz CT molecular complexity index is 1660. The van der Waals surface area contributed by atoms with E-state index in [1.54, 1.807) is 52.3 Å². The third kappa shape index (κ3) is 5.37. The van der Waals surface area contributed by atoms with Gasteiger partial charge in [-0.05, 0) is 59.6 Å². The monoisotopic (exact) mass is 680 g/mol. The number of methoxy groups -OCH3 is 4. The molecule has 0 radical (unpaired) electrons. The van der Waals surface area contributed by atoms with Gasteiger partial charge >= 0.3 is 5.97 Å². The van der Waals surface area contributed by atoms with Gasteiger partial charge in [0, 0.05) is 16.1 Å². The van der Waals surface area contributed by atoms with Crippen molar-refractivity contribution in [2.75, 3.05) is 35.0 Å². The van der Waals surface area contributed by atoms with Crippen molar-refractivity contribution in [2.45, 2.75) is 19.9 Å². The average Bonchev–Trinajstić information content (AvgIpc) is 3.22. The van der Waals surface area contributed by atoms with Crippen LogP contribution in [-0.4, -0.2) is 45.6 Å². The molecule has 2 aromatic carbocycles. The van der Waals surface area contributed by atoms with Crippen LogP contribution in [0.3, 0.4) is 0 Å². The Morgan fingerprint density at radius 1 is 0.974 bits per heavy atom. The van der Waals surface area contributed by atoms with Gasteiger partial charge in [-0.1, -0.05) is 27.3 Å². The highest BCUT2D eigenvalue weighted by atomic mass is 79.9. The van der Waals surface area contributed by atoms with E-state index in [-0.39, 0.29) is 17.7 Å². The number of nitrogens with zero attached hydrogens (tertiary/aromatic N) is 2. The summed E-state index contributed by atoms with van der Waals surface area (Å²) in [5.41, 5.74) is 1.67. The molecular weight excluding hydrogens is 656 g/mol. The molecule has 0 saturated heterocycles. The molecule has 0 bridgehead atoms. The summed E-state index contributed by atoms with van der Waals surface area (Å²) in [5.74, 6) is 1.52. The number of hydrogen-bond acceptors (Lipinski definition) is 9. The van der Waals surface area contributed by atoms with E-state index in [0.717, 1.165) is 0 Å². The van der Waals surface area contributed by atoms with E-state index in [1.165, 1.54) is 30.1 Å². The van der Waals surface area contributed by atoms with Crippen LogP contribution >= 0.6 is 43.2 Å². The van der Waals surface area contributed by atoms with Gasteiger partial charge in [-0.25, -0.2) is 9.79 Å². The van der Waals surface area contributed by atoms with E-state index in [2.05, 4.69) is 36.9 Å². The normalized spacial score (nSPS) is 15.0. The Morgan fingerprint density at radius 2 is 1.62 bits per heavy atom. The first-order valence-electron chi connectivity index (χ1n) is 11.7. The summed E-state index contributed by atoms with van der Waals surface area (Å²) >= 11 is 8.31. The zero-order chi connectivity index (χ0) is 28.4. The number of rotatable bonds is 8. The number of ether oxygens (including phenoxy) is 5. The molecule has 4 rings (SSSR count). The lowest BCUT2D eigenvalue weighted by molar-refractivity contribution is -0.139. The number of carbonyl (C=O) groups excluding carboxylic acids is 1. The van der Waals surface area contributed by atoms with Crippen LogP contribution in [0.5, 0.6) is 23.0 Å². The standard InChI is InChI=1S/C27H26Br2N2O7S/c1-7-38-26(33)23-13(2)30-27-31(24(23)15-10-20(36-5)21(37-6)11-16(15)28)25(32)22(39-27)9-14-8-17(29)19(35-4)12-18(14)34-3/h8-12,24H,7H2,1-6H3/b22-9+. The Labute approximate surface area is 245 Å². The fraction of sp³-hybridized carbons (Fsp3) is 0.296. The number of halogens is 2. The smallest absolute Gasteiger partial charge is 0.338 e. The van der Waals surface area contributed by atoms with Gasteiger partial charge in [0.05, 0.1) is 61.4 Å². The number of allylic oxidation sites excluding steroid dienone is 1. The van der Waals surface area contributed by atoms with E-state index in [4.69, 9.17) is 23.7 Å². The van der Waals surface area contributed by atoms with Gasteiger partial charge in [-0.2, -0.15) is 0 Å². The maximum Gasteiger partial charge on any atom is 0.338 e. The summed E-state index contributed by atoms with van der Waals surface area (Å²) in [4.78, 5) is 32.3. The topological polar surface area (TPSA) is 97.6 Å². The Morgan fingerprint density at radius 3 is 2.23 bits per heavy atom. The van der Waals surface area contributed by atoms with Gasteiger partial charge < -0.3 is 23.7 Å². The molecule has 0 amide bonds. The van der Waals surface area contributed by atoms with Gasteiger partial charge in [-0.15, -0.1) is 0 Å². The van der Waals surface area contributed by atoms with Crippen molar-refractivity contribution < 1.29 is 28.5 Å². The van der Waals surface area contributed by atoms with Gasteiger partial charge in [0.2, 0.25) is 0 Å². The average molecular weight is 682 g/mol. The molecule has 0 spiro atoms. The summed E-state index contributed by atoms with van der Waals surface area (Å²) in [5, 5.41) is 0. The van der Waals surface area contributed by atoms with Crippen molar-refractivity contribution in [2.24, 2.45) is 4.99 Å². The summed E-state index contributed by atoms with van der Waals surface area (Å²) in [7, 11) is 6.17. The SMILES string of the molecule is CCOC(=O)C1=C(C)N=c2s/c(=C/c3cc(Br)c(OC)cc3OC)c(=O)n2C1c1cc(OC)c(OC)cc1Br. The third-order valence-electron chi connectivity index (χ3n) is 6.11. The lowest BCUT2D eigenvalue weighted by atomic mass is 9.95. The fourth-order valence-electron chi connectivity index (χ4n) is 4.30. The van der Waals surface area contributed by atoms with E-state index in [9.17, 15) is 9.59 Å². The number of fused-ring (bicyclic) bond motifs is 1. The van der Waals surface area contributed by atoms with Crippen LogP contribution in [0.25, 0.3) is 6.08 Å². The van der Waals surface area contributed by atoms with Crippen molar-refractivity contribution in [3.05, 3.63) is 75.3 Å². The molecule has 1 aromatic heterocycles. The van der Waals surface area contributed by atoms with Gasteiger partial charge in [-0.3, -0.25) is 9.36 Å². The molecule has 2 heterocycles. The molecule has 9 nitrogen and oxygen atoms in total. The molecule has 3 aromatic rings. The number of aromatic nitrogens is 1. The van der Waals surface area contributed by atoms with Crippen molar-refractivity contribution in [1.82, 2.24) is 4.57 Å². The molecular formula is C27H26Br2N2O7S. The van der Waals surface area contributed by atoms with Gasteiger partial charge in [0.1, 0.15) is 11.5 Å². The third-order valence-corrected chi connectivity index (χ3v) is 8.39. The van der Waals surface area contributed by atoms with Crippen LogP contribution in [0.4, 0.5) is 0 Å². The van der Waals surface area contributed by atoms with Crippen LogP contribution in [0.1, 0.15) is 31.0 Å². The largest absolute Gasteiger partial charge is 0.496 e. The molecule has 0 N–H and O–H groups in total. The molecule has 39 heavy (non-hydrogen) atoms. The first-order valence-corrected chi connectivity index (χ1v) is 14.1. The van der Waals surface area contributed by atoms with Crippen molar-refractivity contribution in [1.29, 1.82) is 0 Å². The number of esters is 1. The number of carbonyl (C=O) groups is 1. The Hall–Kier alpha value is -3.09. The van der Waals surface area contributed by atoms with E-state index in [0.29, 0.717) is 58.1 Å². The summed E-state index contributed by atoms with van der Waals surface area (Å²) in [6, 6.07) is 6.20. The van der Waals surface area contributed by atoms with Crippen LogP contribution in [0.15, 0.2) is 54.3 Å². The molecule has 0 saturated carbocycles. The fourth-order valence-corrected chi connectivity index (χ4v) is 6.40. The quantitative estimate of drug-likeness (QED) is 0.326. The minimum absolute atomic E-state index is 0.173. The zero-order valence-electron chi connectivity index (χ0n) is 22.1. The highest BCUT2D eigenvalue weighted by Gasteiger charge is 2.35. The molecule has 206 valence electrons. The first kappa shape index (κ1) is 28.9. The number of benzene rings is 2. The zero-order valence-corrected chi connectivity index (χ0v) is 26.1. The van der Waals surface area contributed by atoms with Gasteiger partial charge in [0.15, 0.2) is 16.3 Å². The van der Waals surface area contributed by atoms with Crippen LogP contribution in [0, 0.1) is 0 Å². The van der Waals surface area contributed by atoms with Crippen LogP contribution < -0.4 is 33.8 Å². The van der Waals surface area contributed by atoms with E-state index < -0.39 is 12.0 Å². The highest BCUT2D eigenvalue weighted by Crippen LogP contribution is 2.41. The molecule has 12 heteroatoms. The molecule has 1 aliphatic rings. The number of thiazole rings is 1. The minimum Gasteiger partial charge on any atom is -0.496 e. The molecule has 1 atom stereocenters. The van der Waals surface area contributed by atoms with E-state index in [1.807, 2.05) is 6.07 Å². The maximum atomic E-state index is 14.0. The van der Waals surface area contributed by atoms with E-state index >= 15 is 0 Å². The Kier molecular flexibility index (Phi) is 8.87. The summed E-state index contributed by atoms with van der Waals surface area (Å²) < 4.78 is 30.5. The van der Waals surface area contributed by atoms with Crippen molar-refractivity contribution in [3.63, 3.8) is 0 Å². The van der Waals surface area contributed by atoms with Crippen LogP contribution in [0.2, 0.25) is 0 Å². The number of hydrogen-bond donors (Lipinski definition) is 0. The minimum atomic E-state index is -0.832. The second-order valence-electron chi connectivity index (χ2n) is 8.26. The second-order valence-corrected chi connectivity index (χ2v) is 11.0. The second kappa shape index (κ2) is 12.0. The predicted molar refractivity (Wildman–Crippen MR) is 155 cm³/mol. The van der Waals surface area contributed by atoms with Crippen LogP contribution in [-0.2, 0) is 9.53 Å². The highest BCUT2D eigenvalue weighted by molar-refractivity contribution is 9.10. The van der Waals surface area contributed by atoms with Gasteiger partial charge in [0.25, 0.3) is 5.56 Å². The first-order chi connectivity index (χ1) is 18.7. The van der Waals surface area contributed by atoms with Crippen molar-refractivity contribution in [3.8, 4) is 23.0 Å². The van der Waals surface area contributed by atoms with Crippen molar-refractivity contribution >= 4 is 55.2 Å². The molecule has 0 aliphatic carbocycles. The predicted octanol–water partition coefficient (Wildman–Crippen LogP) is 4.36. The summed E-state index contributed by atoms with van der Waals surface area (Å²) in [6.07, 6.45) is 1.73. The molecule has 1 unspecified atom stereocenters. The Balaban J connectivity index is 2.02. The lowest BCUT2D eigenvalue weighted by Gasteiger charge is -2.26. The maximum absolute atomic E-state index is 14.0. The lowest BCUT2D eigenvalue weighted by Crippen LogP contribution is -2.40.